The maximum absolute atomic E-state index is 12.3. The van der Waals surface area contributed by atoms with Crippen molar-refractivity contribution in [3.05, 3.63) is 59.1 Å². The number of amides is 1. The van der Waals surface area contributed by atoms with Gasteiger partial charge in [0, 0.05) is 16.3 Å². The molecular weight excluding hydrogens is 344 g/mol. The van der Waals surface area contributed by atoms with Crippen molar-refractivity contribution in [2.24, 2.45) is 5.92 Å². The molecular formula is C18H19ClN2O2S. The van der Waals surface area contributed by atoms with Crippen molar-refractivity contribution < 1.29 is 9.53 Å². The molecule has 0 aromatic heterocycles. The number of carbonyl (C=O) groups excluding carboxylic acids is 1. The predicted octanol–water partition coefficient (Wildman–Crippen LogP) is 4.50. The average Bonchev–Trinajstić information content (AvgIpc) is 2.55. The first-order valence-corrected chi connectivity index (χ1v) is 8.33. The van der Waals surface area contributed by atoms with E-state index in [-0.39, 0.29) is 11.0 Å². The number of hydrogen-bond donors (Lipinski definition) is 2. The number of hydrogen-bond acceptors (Lipinski definition) is 3. The Kier molecular flexibility index (Phi) is 6.58. The fraction of sp³-hybridized carbons (Fsp3) is 0.222. The summed E-state index contributed by atoms with van der Waals surface area (Å²) in [6, 6.07) is 14.0. The zero-order valence-corrected chi connectivity index (χ0v) is 15.1. The Balaban J connectivity index is 1.94. The number of halogens is 1. The van der Waals surface area contributed by atoms with Gasteiger partial charge in [0.25, 0.3) is 5.91 Å². The first-order valence-electron chi connectivity index (χ1n) is 7.55. The number of carbonyl (C=O) groups is 1. The van der Waals surface area contributed by atoms with E-state index in [1.165, 1.54) is 0 Å². The van der Waals surface area contributed by atoms with Gasteiger partial charge in [-0.15, -0.1) is 0 Å². The van der Waals surface area contributed by atoms with Gasteiger partial charge >= 0.3 is 0 Å². The van der Waals surface area contributed by atoms with Gasteiger partial charge in [0.1, 0.15) is 5.75 Å². The smallest absolute Gasteiger partial charge is 0.257 e. The molecule has 2 aromatic rings. The van der Waals surface area contributed by atoms with Gasteiger partial charge in [0.05, 0.1) is 6.61 Å². The number of nitrogens with one attached hydrogen (secondary N) is 2. The summed E-state index contributed by atoms with van der Waals surface area (Å²) in [5.41, 5.74) is 1.23. The van der Waals surface area contributed by atoms with Crippen LogP contribution in [0.2, 0.25) is 5.02 Å². The predicted molar refractivity (Wildman–Crippen MR) is 102 cm³/mol. The summed E-state index contributed by atoms with van der Waals surface area (Å²) in [4.78, 5) is 12.3. The molecule has 0 aliphatic carbocycles. The van der Waals surface area contributed by atoms with Crippen molar-refractivity contribution >= 4 is 40.5 Å². The van der Waals surface area contributed by atoms with E-state index in [4.69, 9.17) is 28.6 Å². The minimum absolute atomic E-state index is 0.218. The van der Waals surface area contributed by atoms with E-state index in [1.54, 1.807) is 42.5 Å². The molecule has 0 aliphatic heterocycles. The summed E-state index contributed by atoms with van der Waals surface area (Å²) < 4.78 is 5.63. The van der Waals surface area contributed by atoms with Crippen LogP contribution >= 0.6 is 23.8 Å². The van der Waals surface area contributed by atoms with E-state index in [1.807, 2.05) is 6.07 Å². The Morgan fingerprint density at radius 3 is 2.58 bits per heavy atom. The Hall–Kier alpha value is -2.11. The van der Waals surface area contributed by atoms with Gasteiger partial charge in [-0.1, -0.05) is 31.5 Å². The molecule has 0 atom stereocenters. The lowest BCUT2D eigenvalue weighted by Gasteiger charge is -2.11. The number of anilines is 1. The van der Waals surface area contributed by atoms with Crippen LogP contribution in [0, 0.1) is 5.92 Å². The van der Waals surface area contributed by atoms with Crippen molar-refractivity contribution in [3.8, 4) is 5.75 Å². The van der Waals surface area contributed by atoms with Crippen molar-refractivity contribution in [3.63, 3.8) is 0 Å². The van der Waals surface area contributed by atoms with Crippen LogP contribution in [-0.2, 0) is 0 Å². The molecule has 0 aliphatic rings. The van der Waals surface area contributed by atoms with Crippen molar-refractivity contribution in [1.82, 2.24) is 5.32 Å². The number of thiocarbonyl (C=S) groups is 1. The molecule has 0 fully saturated rings. The molecule has 6 heteroatoms. The monoisotopic (exact) mass is 362 g/mol. The zero-order chi connectivity index (χ0) is 17.5. The lowest BCUT2D eigenvalue weighted by Crippen LogP contribution is -2.34. The molecule has 2 aromatic carbocycles. The van der Waals surface area contributed by atoms with E-state index in [0.29, 0.717) is 28.9 Å². The highest BCUT2D eigenvalue weighted by atomic mass is 35.5. The van der Waals surface area contributed by atoms with E-state index < -0.39 is 0 Å². The second-order valence-corrected chi connectivity index (χ2v) is 6.49. The van der Waals surface area contributed by atoms with Gasteiger partial charge < -0.3 is 10.1 Å². The summed E-state index contributed by atoms with van der Waals surface area (Å²) in [6.07, 6.45) is 0. The van der Waals surface area contributed by atoms with Crippen LogP contribution in [0.15, 0.2) is 48.5 Å². The van der Waals surface area contributed by atoms with Gasteiger partial charge in [-0.2, -0.15) is 0 Å². The Labute approximate surface area is 152 Å². The third-order valence-corrected chi connectivity index (χ3v) is 3.46. The highest BCUT2D eigenvalue weighted by molar-refractivity contribution is 7.80. The maximum Gasteiger partial charge on any atom is 0.257 e. The molecule has 0 heterocycles. The lowest BCUT2D eigenvalue weighted by atomic mass is 10.2. The highest BCUT2D eigenvalue weighted by Gasteiger charge is 2.09. The van der Waals surface area contributed by atoms with Crippen molar-refractivity contribution in [2.75, 3.05) is 11.9 Å². The molecule has 2 rings (SSSR count). The molecule has 0 saturated heterocycles. The van der Waals surface area contributed by atoms with Gasteiger partial charge in [0.2, 0.25) is 0 Å². The van der Waals surface area contributed by atoms with Crippen LogP contribution in [0.25, 0.3) is 0 Å². The summed E-state index contributed by atoms with van der Waals surface area (Å²) >= 11 is 11.0. The minimum Gasteiger partial charge on any atom is -0.493 e. The Morgan fingerprint density at radius 1 is 1.21 bits per heavy atom. The molecule has 126 valence electrons. The SMILES string of the molecule is CC(C)COc1cccc(C(=O)NC(=S)Nc2ccc(Cl)cc2)c1. The Morgan fingerprint density at radius 2 is 1.92 bits per heavy atom. The first-order chi connectivity index (χ1) is 11.4. The summed E-state index contributed by atoms with van der Waals surface area (Å²) in [5.74, 6) is 0.781. The van der Waals surface area contributed by atoms with E-state index in [9.17, 15) is 4.79 Å². The fourth-order valence-electron chi connectivity index (χ4n) is 1.86. The molecule has 0 bridgehead atoms. The largest absolute Gasteiger partial charge is 0.493 e. The summed E-state index contributed by atoms with van der Waals surface area (Å²) in [7, 11) is 0. The van der Waals surface area contributed by atoms with Crippen LogP contribution in [0.4, 0.5) is 5.69 Å². The van der Waals surface area contributed by atoms with Crippen LogP contribution in [0.5, 0.6) is 5.75 Å². The van der Waals surface area contributed by atoms with Gasteiger partial charge in [0.15, 0.2) is 5.11 Å². The van der Waals surface area contributed by atoms with Crippen LogP contribution < -0.4 is 15.4 Å². The average molecular weight is 363 g/mol. The number of rotatable bonds is 5. The second kappa shape index (κ2) is 8.66. The highest BCUT2D eigenvalue weighted by Crippen LogP contribution is 2.15. The van der Waals surface area contributed by atoms with Crippen LogP contribution in [-0.4, -0.2) is 17.6 Å². The van der Waals surface area contributed by atoms with Gasteiger partial charge in [-0.05, 0) is 60.6 Å². The number of ether oxygens (including phenoxy) is 1. The molecule has 24 heavy (non-hydrogen) atoms. The third kappa shape index (κ3) is 5.83. The van der Waals surface area contributed by atoms with Gasteiger partial charge in [-0.25, -0.2) is 0 Å². The molecule has 0 spiro atoms. The lowest BCUT2D eigenvalue weighted by molar-refractivity contribution is 0.0977. The second-order valence-electron chi connectivity index (χ2n) is 5.65. The third-order valence-electron chi connectivity index (χ3n) is 3.01. The summed E-state index contributed by atoms with van der Waals surface area (Å²) in [6.45, 7) is 4.73. The van der Waals surface area contributed by atoms with Crippen LogP contribution in [0.3, 0.4) is 0 Å². The minimum atomic E-state index is -0.295. The van der Waals surface area contributed by atoms with Crippen molar-refractivity contribution in [2.45, 2.75) is 13.8 Å². The molecule has 1 amide bonds. The standard InChI is InChI=1S/C18H19ClN2O2S/c1-12(2)11-23-16-5-3-4-13(10-16)17(22)21-18(24)20-15-8-6-14(19)7-9-15/h3-10,12H,11H2,1-2H3,(H2,20,21,22,24). The van der Waals surface area contributed by atoms with Crippen LogP contribution in [0.1, 0.15) is 24.2 Å². The maximum atomic E-state index is 12.3. The number of benzene rings is 2. The quantitative estimate of drug-likeness (QED) is 0.769. The van der Waals surface area contributed by atoms with E-state index in [2.05, 4.69) is 24.5 Å². The summed E-state index contributed by atoms with van der Waals surface area (Å²) in [5, 5.41) is 6.43. The normalized spacial score (nSPS) is 10.3. The van der Waals surface area contributed by atoms with E-state index in [0.717, 1.165) is 5.69 Å². The molecule has 0 radical (unpaired) electrons. The van der Waals surface area contributed by atoms with Gasteiger partial charge in [-0.3, -0.25) is 10.1 Å². The first kappa shape index (κ1) is 18.2. The Bertz CT molecular complexity index is 717. The topological polar surface area (TPSA) is 50.4 Å². The molecule has 0 saturated carbocycles. The fourth-order valence-corrected chi connectivity index (χ4v) is 2.20. The molecule has 4 nitrogen and oxygen atoms in total. The molecule has 2 N–H and O–H groups in total. The van der Waals surface area contributed by atoms with E-state index >= 15 is 0 Å². The molecule has 0 unspecified atom stereocenters. The van der Waals surface area contributed by atoms with Crippen molar-refractivity contribution in [1.29, 1.82) is 0 Å². The zero-order valence-electron chi connectivity index (χ0n) is 13.5.